The predicted molar refractivity (Wildman–Crippen MR) is 70.8 cm³/mol. The lowest BCUT2D eigenvalue weighted by atomic mass is 10.1. The van der Waals surface area contributed by atoms with Crippen LogP contribution in [0.4, 0.5) is 13.2 Å². The summed E-state index contributed by atoms with van der Waals surface area (Å²) in [6.07, 6.45) is -3.37. The van der Waals surface area contributed by atoms with Gasteiger partial charge in [-0.2, -0.15) is 18.2 Å². The van der Waals surface area contributed by atoms with Crippen molar-refractivity contribution < 1.29 is 17.7 Å². The van der Waals surface area contributed by atoms with Crippen LogP contribution in [0.1, 0.15) is 29.8 Å². The van der Waals surface area contributed by atoms with Crippen LogP contribution < -0.4 is 5.32 Å². The fourth-order valence-corrected chi connectivity index (χ4v) is 1.80. The maximum Gasteiger partial charge on any atom is 0.416 e. The highest BCUT2D eigenvalue weighted by Crippen LogP contribution is 2.29. The quantitative estimate of drug-likeness (QED) is 0.922. The van der Waals surface area contributed by atoms with Crippen molar-refractivity contribution in [3.63, 3.8) is 0 Å². The molecule has 0 saturated carbocycles. The third-order valence-corrected chi connectivity index (χ3v) is 3.13. The molecule has 1 atom stereocenters. The Morgan fingerprint density at radius 2 is 1.90 bits per heavy atom. The molecule has 2 rings (SSSR count). The molecule has 1 N–H and O–H groups in total. The average Bonchev–Trinajstić information content (AvgIpc) is 2.85. The summed E-state index contributed by atoms with van der Waals surface area (Å²) in [6.45, 7) is 1.99. The smallest absolute Gasteiger partial charge is 0.339 e. The van der Waals surface area contributed by atoms with Gasteiger partial charge in [-0.3, -0.25) is 0 Å². The van der Waals surface area contributed by atoms with Gasteiger partial charge >= 0.3 is 6.18 Å². The van der Waals surface area contributed by atoms with E-state index >= 15 is 0 Å². The van der Waals surface area contributed by atoms with Crippen LogP contribution in [0.25, 0.3) is 0 Å². The Balaban J connectivity index is 2.02. The summed E-state index contributed by atoms with van der Waals surface area (Å²) in [5.41, 5.74) is 0.0416. The summed E-state index contributed by atoms with van der Waals surface area (Å²) in [6, 6.07) is 5.17. The van der Waals surface area contributed by atoms with Crippen molar-refractivity contribution in [2.24, 2.45) is 0 Å². The maximum absolute atomic E-state index is 12.5. The Morgan fingerprint density at radius 3 is 2.48 bits per heavy atom. The van der Waals surface area contributed by atoms with Gasteiger partial charge in [-0.05, 0) is 31.7 Å². The van der Waals surface area contributed by atoms with Crippen molar-refractivity contribution >= 4 is 0 Å². The van der Waals surface area contributed by atoms with Crippen LogP contribution in [0.15, 0.2) is 28.8 Å². The van der Waals surface area contributed by atoms with Gasteiger partial charge in [0.05, 0.1) is 5.56 Å². The second-order valence-corrected chi connectivity index (χ2v) is 4.87. The highest BCUT2D eigenvalue weighted by atomic mass is 19.4. The molecule has 0 saturated heterocycles. The fraction of sp³-hybridized carbons (Fsp3) is 0.429. The van der Waals surface area contributed by atoms with E-state index < -0.39 is 11.7 Å². The first-order valence-corrected chi connectivity index (χ1v) is 6.53. The topological polar surface area (TPSA) is 51.0 Å². The first-order chi connectivity index (χ1) is 9.88. The molecule has 4 nitrogen and oxygen atoms in total. The van der Waals surface area contributed by atoms with E-state index in [0.29, 0.717) is 30.1 Å². The zero-order chi connectivity index (χ0) is 15.5. The van der Waals surface area contributed by atoms with Crippen molar-refractivity contribution in [1.82, 2.24) is 15.5 Å². The van der Waals surface area contributed by atoms with Gasteiger partial charge < -0.3 is 9.84 Å². The van der Waals surface area contributed by atoms with E-state index in [9.17, 15) is 13.2 Å². The number of hydrogen-bond donors (Lipinski definition) is 1. The van der Waals surface area contributed by atoms with Crippen LogP contribution in [-0.4, -0.2) is 23.2 Å². The molecule has 21 heavy (non-hydrogen) atoms. The molecule has 0 fully saturated rings. The Kier molecular flexibility index (Phi) is 4.62. The second-order valence-electron chi connectivity index (χ2n) is 4.87. The summed E-state index contributed by atoms with van der Waals surface area (Å²) in [4.78, 5) is 4.22. The number of benzene rings is 1. The number of halogens is 3. The van der Waals surface area contributed by atoms with Gasteiger partial charge in [0.15, 0.2) is 5.82 Å². The molecule has 7 heteroatoms. The Bertz CT molecular complexity index is 578. The molecule has 0 amide bonds. The monoisotopic (exact) mass is 299 g/mol. The Hall–Kier alpha value is -1.89. The number of aromatic nitrogens is 2. The van der Waals surface area contributed by atoms with Crippen LogP contribution in [-0.2, 0) is 19.0 Å². The van der Waals surface area contributed by atoms with Crippen molar-refractivity contribution in [2.45, 2.75) is 32.0 Å². The minimum Gasteiger partial charge on any atom is -0.339 e. The molecule has 0 aliphatic carbocycles. The van der Waals surface area contributed by atoms with E-state index in [1.165, 1.54) is 12.1 Å². The van der Waals surface area contributed by atoms with Crippen molar-refractivity contribution in [2.75, 3.05) is 7.05 Å². The summed E-state index contributed by atoms with van der Waals surface area (Å²) < 4.78 is 42.5. The lowest BCUT2D eigenvalue weighted by Gasteiger charge is -2.06. The van der Waals surface area contributed by atoms with Gasteiger partial charge in [-0.25, -0.2) is 0 Å². The van der Waals surface area contributed by atoms with E-state index in [2.05, 4.69) is 15.5 Å². The number of likely N-dealkylation sites (N-methyl/N-ethyl adjacent to an activating group) is 1. The largest absolute Gasteiger partial charge is 0.416 e. The molecule has 0 aliphatic heterocycles. The van der Waals surface area contributed by atoms with Crippen LogP contribution in [0.5, 0.6) is 0 Å². The van der Waals surface area contributed by atoms with Crippen molar-refractivity contribution in [3.05, 3.63) is 47.1 Å². The minimum atomic E-state index is -4.32. The average molecular weight is 299 g/mol. The summed E-state index contributed by atoms with van der Waals surface area (Å²) in [5.74, 6) is 0.979. The number of alkyl halides is 3. The summed E-state index contributed by atoms with van der Waals surface area (Å²) in [5, 5.41) is 6.89. The Labute approximate surface area is 120 Å². The molecule has 0 bridgehead atoms. The third-order valence-electron chi connectivity index (χ3n) is 3.13. The zero-order valence-electron chi connectivity index (χ0n) is 11.7. The highest BCUT2D eigenvalue weighted by Gasteiger charge is 2.29. The van der Waals surface area contributed by atoms with Gasteiger partial charge in [-0.1, -0.05) is 17.3 Å². The normalized spacial score (nSPS) is 13.4. The number of rotatable bonds is 5. The van der Waals surface area contributed by atoms with E-state index in [4.69, 9.17) is 4.52 Å². The van der Waals surface area contributed by atoms with E-state index in [0.717, 1.165) is 12.1 Å². The zero-order valence-corrected chi connectivity index (χ0v) is 11.7. The molecule has 2 aromatic rings. The number of nitrogens with zero attached hydrogens (tertiary/aromatic N) is 2. The van der Waals surface area contributed by atoms with E-state index in [1.807, 2.05) is 14.0 Å². The molecular formula is C14H16F3N3O. The first kappa shape index (κ1) is 15.5. The van der Waals surface area contributed by atoms with Gasteiger partial charge in [0.1, 0.15) is 0 Å². The predicted octanol–water partition coefficient (Wildman–Crippen LogP) is 2.83. The van der Waals surface area contributed by atoms with Crippen LogP contribution in [0.3, 0.4) is 0 Å². The molecule has 0 radical (unpaired) electrons. The molecule has 0 aliphatic rings. The molecular weight excluding hydrogens is 283 g/mol. The first-order valence-electron chi connectivity index (χ1n) is 6.53. The minimum absolute atomic E-state index is 0.212. The van der Waals surface area contributed by atoms with Crippen molar-refractivity contribution in [3.8, 4) is 0 Å². The van der Waals surface area contributed by atoms with Gasteiger partial charge in [0.2, 0.25) is 5.89 Å². The summed E-state index contributed by atoms with van der Waals surface area (Å²) in [7, 11) is 1.84. The second kappa shape index (κ2) is 6.26. The summed E-state index contributed by atoms with van der Waals surface area (Å²) >= 11 is 0. The van der Waals surface area contributed by atoms with Crippen molar-refractivity contribution in [1.29, 1.82) is 0 Å². The molecule has 1 heterocycles. The molecule has 1 aromatic heterocycles. The fourth-order valence-electron chi connectivity index (χ4n) is 1.80. The lowest BCUT2D eigenvalue weighted by Crippen LogP contribution is -2.23. The van der Waals surface area contributed by atoms with Crippen LogP contribution in [0.2, 0.25) is 0 Å². The molecule has 1 unspecified atom stereocenters. The number of nitrogens with one attached hydrogen (secondary N) is 1. The highest BCUT2D eigenvalue weighted by molar-refractivity contribution is 5.26. The van der Waals surface area contributed by atoms with Gasteiger partial charge in [0.25, 0.3) is 0 Å². The molecule has 114 valence electrons. The number of hydrogen-bond acceptors (Lipinski definition) is 4. The maximum atomic E-state index is 12.5. The third kappa shape index (κ3) is 4.29. The van der Waals surface area contributed by atoms with Crippen LogP contribution >= 0.6 is 0 Å². The molecule has 1 aromatic carbocycles. The van der Waals surface area contributed by atoms with Gasteiger partial charge in [0, 0.05) is 18.9 Å². The lowest BCUT2D eigenvalue weighted by molar-refractivity contribution is -0.137. The van der Waals surface area contributed by atoms with E-state index in [-0.39, 0.29) is 6.04 Å². The van der Waals surface area contributed by atoms with Gasteiger partial charge in [-0.15, -0.1) is 0 Å². The Morgan fingerprint density at radius 1 is 1.24 bits per heavy atom. The van der Waals surface area contributed by atoms with E-state index in [1.54, 1.807) is 0 Å². The standard InChI is InChI=1S/C14H16F3N3O/c1-9(18-2)7-13-19-12(20-21-13)8-10-3-5-11(6-4-10)14(15,16)17/h3-6,9,18H,7-8H2,1-2H3. The SMILES string of the molecule is CNC(C)Cc1nc(Cc2ccc(C(F)(F)F)cc2)no1. The molecule has 0 spiro atoms. The van der Waals surface area contributed by atoms with Crippen LogP contribution in [0, 0.1) is 0 Å².